The predicted molar refractivity (Wildman–Crippen MR) is 77.4 cm³/mol. The molecule has 2 rings (SSSR count). The van der Waals surface area contributed by atoms with Crippen LogP contribution in [0.15, 0.2) is 17.1 Å². The van der Waals surface area contributed by atoms with Gasteiger partial charge in [-0.1, -0.05) is 6.42 Å². The summed E-state index contributed by atoms with van der Waals surface area (Å²) in [6.07, 6.45) is 5.72. The van der Waals surface area contributed by atoms with Crippen LogP contribution in [-0.2, 0) is 9.84 Å². The quantitative estimate of drug-likeness (QED) is 0.725. The number of hydrogen-bond donors (Lipinski definition) is 0. The Bertz CT molecular complexity index is 597. The van der Waals surface area contributed by atoms with Crippen molar-refractivity contribution in [2.75, 3.05) is 6.26 Å². The third kappa shape index (κ3) is 3.11. The van der Waals surface area contributed by atoms with Crippen molar-refractivity contribution in [3.8, 4) is 0 Å². The lowest BCUT2D eigenvalue weighted by Gasteiger charge is -2.28. The molecular formula is C11H15IN2O3S. The molecule has 0 amide bonds. The number of aromatic nitrogens is 2. The van der Waals surface area contributed by atoms with E-state index in [1.165, 1.54) is 17.0 Å². The molecule has 0 N–H and O–H groups in total. The number of nitrogens with zero attached hydrogens (tertiary/aromatic N) is 2. The van der Waals surface area contributed by atoms with E-state index in [9.17, 15) is 13.2 Å². The molecule has 100 valence electrons. The molecule has 7 heteroatoms. The van der Waals surface area contributed by atoms with Crippen molar-refractivity contribution >= 4 is 32.4 Å². The molecule has 1 heterocycles. The molecule has 0 bridgehead atoms. The highest BCUT2D eigenvalue weighted by molar-refractivity contribution is 14.1. The lowest BCUT2D eigenvalue weighted by molar-refractivity contribution is 0.318. The van der Waals surface area contributed by atoms with E-state index >= 15 is 0 Å². The molecule has 5 nitrogen and oxygen atoms in total. The summed E-state index contributed by atoms with van der Waals surface area (Å²) < 4.78 is 25.4. The van der Waals surface area contributed by atoms with Gasteiger partial charge in [0.1, 0.15) is 9.84 Å². The standard InChI is InChI=1S/C11H15IN2O3S/c1-18(16,17)10-4-2-3-9(6-10)14-11(15)5-8(12)7-13-14/h5,7,9-10H,2-4,6H2,1H3. The molecule has 1 saturated carbocycles. The summed E-state index contributed by atoms with van der Waals surface area (Å²) in [7, 11) is -3.03. The second-order valence-corrected chi connectivity index (χ2v) is 8.30. The van der Waals surface area contributed by atoms with Crippen molar-refractivity contribution < 1.29 is 8.42 Å². The van der Waals surface area contributed by atoms with Gasteiger partial charge in [0.05, 0.1) is 17.5 Å². The first-order valence-electron chi connectivity index (χ1n) is 5.81. The van der Waals surface area contributed by atoms with Crippen molar-refractivity contribution in [2.45, 2.75) is 37.0 Å². The number of hydrogen-bond acceptors (Lipinski definition) is 4. The molecule has 0 aromatic carbocycles. The minimum Gasteiger partial charge on any atom is -0.268 e. The van der Waals surface area contributed by atoms with Gasteiger partial charge in [-0.25, -0.2) is 13.1 Å². The average Bonchev–Trinajstić information content (AvgIpc) is 2.28. The van der Waals surface area contributed by atoms with Gasteiger partial charge >= 0.3 is 0 Å². The molecule has 1 aliphatic carbocycles. The van der Waals surface area contributed by atoms with E-state index in [1.54, 1.807) is 6.20 Å². The maximum absolute atomic E-state index is 11.8. The molecule has 0 radical (unpaired) electrons. The van der Waals surface area contributed by atoms with Crippen LogP contribution in [0.5, 0.6) is 0 Å². The van der Waals surface area contributed by atoms with E-state index < -0.39 is 9.84 Å². The first kappa shape index (κ1) is 14.0. The number of rotatable bonds is 2. The Morgan fingerprint density at radius 3 is 2.78 bits per heavy atom. The van der Waals surface area contributed by atoms with Crippen molar-refractivity contribution in [1.29, 1.82) is 0 Å². The van der Waals surface area contributed by atoms with Crippen LogP contribution in [0.25, 0.3) is 0 Å². The molecule has 1 aromatic heterocycles. The predicted octanol–water partition coefficient (Wildman–Crippen LogP) is 1.38. The van der Waals surface area contributed by atoms with Gasteiger partial charge in [-0.2, -0.15) is 5.10 Å². The Hall–Kier alpha value is -0.440. The molecule has 0 aliphatic heterocycles. The summed E-state index contributed by atoms with van der Waals surface area (Å²) in [6, 6.07) is 1.43. The Balaban J connectivity index is 2.26. The third-order valence-electron chi connectivity index (χ3n) is 3.34. The minimum atomic E-state index is -3.03. The van der Waals surface area contributed by atoms with E-state index in [4.69, 9.17) is 0 Å². The fraction of sp³-hybridized carbons (Fsp3) is 0.636. The Morgan fingerprint density at radius 2 is 2.17 bits per heavy atom. The summed E-state index contributed by atoms with van der Waals surface area (Å²) in [5.41, 5.74) is -0.152. The van der Waals surface area contributed by atoms with Gasteiger partial charge in [0.25, 0.3) is 5.56 Å². The molecule has 1 aromatic rings. The van der Waals surface area contributed by atoms with Crippen LogP contribution in [0.4, 0.5) is 0 Å². The fourth-order valence-electron chi connectivity index (χ4n) is 2.40. The lowest BCUT2D eigenvalue weighted by atomic mass is 9.95. The van der Waals surface area contributed by atoms with E-state index in [1.807, 2.05) is 22.6 Å². The Morgan fingerprint density at radius 1 is 1.44 bits per heavy atom. The zero-order valence-corrected chi connectivity index (χ0v) is 13.0. The molecule has 18 heavy (non-hydrogen) atoms. The van der Waals surface area contributed by atoms with Crippen LogP contribution in [0, 0.1) is 3.57 Å². The smallest absolute Gasteiger partial charge is 0.268 e. The molecule has 0 saturated heterocycles. The van der Waals surface area contributed by atoms with Crippen LogP contribution in [0.3, 0.4) is 0 Å². The van der Waals surface area contributed by atoms with Crippen LogP contribution >= 0.6 is 22.6 Å². The van der Waals surface area contributed by atoms with Gasteiger partial charge < -0.3 is 0 Å². The molecule has 0 spiro atoms. The Labute approximate surface area is 120 Å². The van der Waals surface area contributed by atoms with E-state index in [0.717, 1.165) is 16.4 Å². The van der Waals surface area contributed by atoms with Gasteiger partial charge in [0.15, 0.2) is 0 Å². The van der Waals surface area contributed by atoms with Crippen LogP contribution in [0.2, 0.25) is 0 Å². The van der Waals surface area contributed by atoms with Gasteiger partial charge in [-0.05, 0) is 41.9 Å². The topological polar surface area (TPSA) is 69.0 Å². The number of halogens is 1. The Kier molecular flexibility index (Phi) is 4.10. The van der Waals surface area contributed by atoms with E-state index in [-0.39, 0.29) is 16.9 Å². The summed E-state index contributed by atoms with van der Waals surface area (Å²) in [6.45, 7) is 0. The third-order valence-corrected chi connectivity index (χ3v) is 5.57. The van der Waals surface area contributed by atoms with Crippen molar-refractivity contribution in [3.63, 3.8) is 0 Å². The highest BCUT2D eigenvalue weighted by Gasteiger charge is 2.30. The SMILES string of the molecule is CS(=O)(=O)C1CCCC(n2ncc(I)cc2=O)C1. The van der Waals surface area contributed by atoms with Crippen molar-refractivity contribution in [1.82, 2.24) is 9.78 Å². The molecule has 2 atom stereocenters. The highest BCUT2D eigenvalue weighted by Crippen LogP contribution is 2.30. The molecule has 1 aliphatic rings. The first-order valence-corrected chi connectivity index (χ1v) is 8.84. The zero-order valence-electron chi connectivity index (χ0n) is 10.0. The van der Waals surface area contributed by atoms with Gasteiger partial charge in [0.2, 0.25) is 0 Å². The number of sulfone groups is 1. The van der Waals surface area contributed by atoms with E-state index in [0.29, 0.717) is 12.8 Å². The minimum absolute atomic E-state index is 0.0945. The lowest BCUT2D eigenvalue weighted by Crippen LogP contribution is -2.34. The second-order valence-electron chi connectivity index (χ2n) is 4.73. The van der Waals surface area contributed by atoms with Gasteiger partial charge in [0, 0.05) is 15.9 Å². The van der Waals surface area contributed by atoms with Crippen LogP contribution in [0.1, 0.15) is 31.7 Å². The van der Waals surface area contributed by atoms with Crippen molar-refractivity contribution in [2.24, 2.45) is 0 Å². The molecular weight excluding hydrogens is 367 g/mol. The zero-order chi connectivity index (χ0) is 13.3. The second kappa shape index (κ2) is 5.28. The molecule has 1 fully saturated rings. The normalized spacial score (nSPS) is 25.0. The summed E-state index contributed by atoms with van der Waals surface area (Å²) in [5.74, 6) is 0. The van der Waals surface area contributed by atoms with Crippen LogP contribution < -0.4 is 5.56 Å². The summed E-state index contributed by atoms with van der Waals surface area (Å²) in [4.78, 5) is 11.8. The maximum atomic E-state index is 11.8. The monoisotopic (exact) mass is 382 g/mol. The summed E-state index contributed by atoms with van der Waals surface area (Å²) in [5, 5.41) is 3.78. The van der Waals surface area contributed by atoms with Gasteiger partial charge in [-0.15, -0.1) is 0 Å². The maximum Gasteiger partial charge on any atom is 0.268 e. The first-order chi connectivity index (χ1) is 8.38. The van der Waals surface area contributed by atoms with Gasteiger partial charge in [-0.3, -0.25) is 4.79 Å². The highest BCUT2D eigenvalue weighted by atomic mass is 127. The van der Waals surface area contributed by atoms with Crippen molar-refractivity contribution in [3.05, 3.63) is 26.2 Å². The molecule has 2 unspecified atom stereocenters. The van der Waals surface area contributed by atoms with Crippen LogP contribution in [-0.4, -0.2) is 29.7 Å². The largest absolute Gasteiger partial charge is 0.268 e. The summed E-state index contributed by atoms with van der Waals surface area (Å²) >= 11 is 2.04. The average molecular weight is 382 g/mol. The fourth-order valence-corrected chi connectivity index (χ4v) is 3.96. The van der Waals surface area contributed by atoms with E-state index in [2.05, 4.69) is 5.10 Å².